The van der Waals surface area contributed by atoms with Crippen molar-refractivity contribution in [3.05, 3.63) is 75.9 Å². The lowest BCUT2D eigenvalue weighted by molar-refractivity contribution is -0.140. The molecule has 4 rings (SSSR count). The molecule has 9 heteroatoms. The number of carbonyl (C=O) groups excluding carboxylic acids is 1. The summed E-state index contributed by atoms with van der Waals surface area (Å²) in [6, 6.07) is 7.65. The molecular formula is C24H24F4N4O. The maximum atomic E-state index is 13.7. The smallest absolute Gasteiger partial charge is 0.332 e. The van der Waals surface area contributed by atoms with Crippen LogP contribution in [0.25, 0.3) is 11.1 Å². The lowest BCUT2D eigenvalue weighted by Gasteiger charge is -2.35. The quantitative estimate of drug-likeness (QED) is 0.571. The van der Waals surface area contributed by atoms with Crippen LogP contribution in [0.15, 0.2) is 36.5 Å². The molecule has 1 aliphatic heterocycles. The third kappa shape index (κ3) is 4.13. The molecule has 1 aliphatic rings. The Morgan fingerprint density at radius 1 is 1.15 bits per heavy atom. The average molecular weight is 460 g/mol. The number of halogens is 4. The van der Waals surface area contributed by atoms with Crippen LogP contribution >= 0.6 is 0 Å². The predicted octanol–water partition coefficient (Wildman–Crippen LogP) is 4.77. The van der Waals surface area contributed by atoms with Gasteiger partial charge in [0, 0.05) is 37.5 Å². The summed E-state index contributed by atoms with van der Waals surface area (Å²) in [5.41, 5.74) is 7.79. The van der Waals surface area contributed by atoms with Gasteiger partial charge in [0.25, 0.3) is 5.91 Å². The van der Waals surface area contributed by atoms with Gasteiger partial charge in [0.2, 0.25) is 0 Å². The summed E-state index contributed by atoms with van der Waals surface area (Å²) in [6.45, 7) is 3.90. The third-order valence-electron chi connectivity index (χ3n) is 6.16. The Labute approximate surface area is 188 Å². The van der Waals surface area contributed by atoms with Gasteiger partial charge in [0.15, 0.2) is 5.69 Å². The van der Waals surface area contributed by atoms with Crippen LogP contribution < -0.4 is 5.73 Å². The summed E-state index contributed by atoms with van der Waals surface area (Å²) in [6.07, 6.45) is -2.95. The van der Waals surface area contributed by atoms with Gasteiger partial charge in [-0.15, -0.1) is 0 Å². The molecule has 0 aliphatic carbocycles. The second-order valence-corrected chi connectivity index (χ2v) is 8.37. The fraction of sp³-hybridized carbons (Fsp3) is 0.333. The highest BCUT2D eigenvalue weighted by Gasteiger charge is 2.39. The zero-order valence-electron chi connectivity index (χ0n) is 18.5. The van der Waals surface area contributed by atoms with Crippen LogP contribution in [0.2, 0.25) is 0 Å². The van der Waals surface area contributed by atoms with Crippen LogP contribution in [0.4, 0.5) is 17.6 Å². The Bertz CT molecular complexity index is 1230. The Morgan fingerprint density at radius 2 is 1.85 bits per heavy atom. The number of fused-ring (bicyclic) bond motifs is 1. The van der Waals surface area contributed by atoms with E-state index in [2.05, 4.69) is 5.10 Å². The van der Waals surface area contributed by atoms with Crippen molar-refractivity contribution in [3.63, 3.8) is 0 Å². The number of carbonyl (C=O) groups is 1. The van der Waals surface area contributed by atoms with E-state index in [0.717, 1.165) is 10.2 Å². The van der Waals surface area contributed by atoms with Gasteiger partial charge >= 0.3 is 6.18 Å². The first-order valence-corrected chi connectivity index (χ1v) is 10.5. The SMILES string of the molecule is Cc1cc([C@H](C)N2CCc3c(cc(CN)cc3-c3cn(C)nc3C(F)(F)F)C2=O)ccc1F. The van der Waals surface area contributed by atoms with Crippen LogP contribution in [0.1, 0.15) is 51.3 Å². The molecule has 0 radical (unpaired) electrons. The number of benzene rings is 2. The van der Waals surface area contributed by atoms with E-state index in [-0.39, 0.29) is 29.9 Å². The number of nitrogens with two attached hydrogens (primary N) is 1. The van der Waals surface area contributed by atoms with Crippen LogP contribution in [-0.4, -0.2) is 27.1 Å². The van der Waals surface area contributed by atoms with Crippen molar-refractivity contribution in [2.45, 2.75) is 39.0 Å². The van der Waals surface area contributed by atoms with E-state index in [1.807, 2.05) is 6.92 Å². The monoisotopic (exact) mass is 460 g/mol. The summed E-state index contributed by atoms with van der Waals surface area (Å²) in [5.74, 6) is -0.616. The molecule has 0 bridgehead atoms. The predicted molar refractivity (Wildman–Crippen MR) is 116 cm³/mol. The first-order chi connectivity index (χ1) is 15.5. The van der Waals surface area contributed by atoms with Crippen LogP contribution in [0, 0.1) is 12.7 Å². The summed E-state index contributed by atoms with van der Waals surface area (Å²) in [7, 11) is 1.43. The van der Waals surface area contributed by atoms with E-state index in [4.69, 9.17) is 5.73 Å². The van der Waals surface area contributed by atoms with Gasteiger partial charge in [-0.1, -0.05) is 12.1 Å². The second kappa shape index (κ2) is 8.30. The molecule has 0 spiro atoms. The van der Waals surface area contributed by atoms with E-state index in [1.165, 1.54) is 19.3 Å². The fourth-order valence-electron chi connectivity index (χ4n) is 4.41. The topological polar surface area (TPSA) is 64.2 Å². The minimum Gasteiger partial charge on any atom is -0.332 e. The second-order valence-electron chi connectivity index (χ2n) is 8.37. The zero-order valence-corrected chi connectivity index (χ0v) is 18.5. The molecule has 0 saturated carbocycles. The molecule has 174 valence electrons. The maximum absolute atomic E-state index is 13.7. The molecule has 1 aromatic heterocycles. The molecule has 3 aromatic rings. The number of nitrogens with zero attached hydrogens (tertiary/aromatic N) is 3. The summed E-state index contributed by atoms with van der Waals surface area (Å²) < 4.78 is 55.8. The molecule has 1 amide bonds. The Balaban J connectivity index is 1.80. The average Bonchev–Trinajstić information content (AvgIpc) is 3.17. The molecule has 0 saturated heterocycles. The standard InChI is InChI=1S/C24H24F4N4O/c1-13-8-16(4-5-21(13)25)14(2)32-7-6-17-18(9-15(11-29)10-19(17)23(32)33)20-12-31(3)30-22(20)24(26,27)28/h4-5,8-10,12,14H,6-7,11,29H2,1-3H3/t14-/m0/s1. The molecule has 33 heavy (non-hydrogen) atoms. The largest absolute Gasteiger partial charge is 0.435 e. The molecule has 2 aromatic carbocycles. The van der Waals surface area contributed by atoms with Crippen molar-refractivity contribution in [1.82, 2.24) is 14.7 Å². The first kappa shape index (κ1) is 23.0. The number of aromatic nitrogens is 2. The van der Waals surface area contributed by atoms with Gasteiger partial charge < -0.3 is 10.6 Å². The lowest BCUT2D eigenvalue weighted by Crippen LogP contribution is -2.39. The Hall–Kier alpha value is -3.20. The van der Waals surface area contributed by atoms with Crippen molar-refractivity contribution in [1.29, 1.82) is 0 Å². The van der Waals surface area contributed by atoms with E-state index in [0.29, 0.717) is 40.8 Å². The van der Waals surface area contributed by atoms with Crippen LogP contribution in [-0.2, 0) is 26.2 Å². The number of rotatable bonds is 4. The minimum atomic E-state index is -4.64. The van der Waals surface area contributed by atoms with E-state index in [9.17, 15) is 22.4 Å². The number of amides is 1. The van der Waals surface area contributed by atoms with Gasteiger partial charge in [-0.05, 0) is 66.3 Å². The van der Waals surface area contributed by atoms with Gasteiger partial charge in [0.05, 0.1) is 6.04 Å². The van der Waals surface area contributed by atoms with Crippen molar-refractivity contribution in [2.24, 2.45) is 12.8 Å². The summed E-state index contributed by atoms with van der Waals surface area (Å²) in [4.78, 5) is 15.1. The van der Waals surface area contributed by atoms with Gasteiger partial charge in [-0.2, -0.15) is 18.3 Å². The van der Waals surface area contributed by atoms with E-state index >= 15 is 0 Å². The van der Waals surface area contributed by atoms with Crippen LogP contribution in [0.5, 0.6) is 0 Å². The van der Waals surface area contributed by atoms with Crippen molar-refractivity contribution in [3.8, 4) is 11.1 Å². The molecule has 1 atom stereocenters. The highest BCUT2D eigenvalue weighted by Crippen LogP contribution is 2.40. The molecule has 0 unspecified atom stereocenters. The van der Waals surface area contributed by atoms with Gasteiger partial charge in [-0.3, -0.25) is 9.48 Å². The molecule has 2 heterocycles. The summed E-state index contributed by atoms with van der Waals surface area (Å²) in [5, 5.41) is 3.61. The van der Waals surface area contributed by atoms with Crippen LogP contribution in [0.3, 0.4) is 0 Å². The van der Waals surface area contributed by atoms with Gasteiger partial charge in [0.1, 0.15) is 5.82 Å². The fourth-order valence-corrected chi connectivity index (χ4v) is 4.41. The normalized spacial score (nSPS) is 15.0. The lowest BCUT2D eigenvalue weighted by atomic mass is 9.87. The molecule has 5 nitrogen and oxygen atoms in total. The molecular weight excluding hydrogens is 436 g/mol. The zero-order chi connectivity index (χ0) is 24.1. The number of aryl methyl sites for hydroxylation is 2. The highest BCUT2D eigenvalue weighted by atomic mass is 19.4. The molecule has 0 fully saturated rings. The van der Waals surface area contributed by atoms with Crippen molar-refractivity contribution < 1.29 is 22.4 Å². The number of hydrogen-bond donors (Lipinski definition) is 1. The minimum absolute atomic E-state index is 0.0694. The van der Waals surface area contributed by atoms with E-state index < -0.39 is 11.9 Å². The van der Waals surface area contributed by atoms with Crippen molar-refractivity contribution >= 4 is 5.91 Å². The first-order valence-electron chi connectivity index (χ1n) is 10.5. The summed E-state index contributed by atoms with van der Waals surface area (Å²) >= 11 is 0. The Morgan fingerprint density at radius 3 is 2.48 bits per heavy atom. The number of hydrogen-bond acceptors (Lipinski definition) is 3. The van der Waals surface area contributed by atoms with Gasteiger partial charge in [-0.25, -0.2) is 4.39 Å². The Kier molecular flexibility index (Phi) is 5.78. The molecule has 2 N–H and O–H groups in total. The highest BCUT2D eigenvalue weighted by molar-refractivity contribution is 5.99. The maximum Gasteiger partial charge on any atom is 0.435 e. The number of alkyl halides is 3. The van der Waals surface area contributed by atoms with E-state index in [1.54, 1.807) is 36.1 Å². The third-order valence-corrected chi connectivity index (χ3v) is 6.16. The van der Waals surface area contributed by atoms with Crippen molar-refractivity contribution in [2.75, 3.05) is 6.54 Å².